The highest BCUT2D eigenvalue weighted by Crippen LogP contribution is 2.30. The maximum Gasteiger partial charge on any atom is 0.305 e. The summed E-state index contributed by atoms with van der Waals surface area (Å²) in [6, 6.07) is 3.63. The largest absolute Gasteiger partial charge is 0.469 e. The van der Waals surface area contributed by atoms with Gasteiger partial charge in [-0.1, -0.05) is 11.6 Å². The Morgan fingerprint density at radius 3 is 2.62 bits per heavy atom. The van der Waals surface area contributed by atoms with Gasteiger partial charge in [0, 0.05) is 18.5 Å². The molecule has 1 N–H and O–H groups in total. The second-order valence-corrected chi connectivity index (χ2v) is 6.97. The van der Waals surface area contributed by atoms with Crippen LogP contribution in [0, 0.1) is 20.8 Å². The van der Waals surface area contributed by atoms with Gasteiger partial charge in [0.05, 0.1) is 29.4 Å². The van der Waals surface area contributed by atoms with E-state index in [1.54, 1.807) is 13.0 Å². The summed E-state index contributed by atoms with van der Waals surface area (Å²) < 4.78 is 15.5. The zero-order valence-corrected chi connectivity index (χ0v) is 17.1. The van der Waals surface area contributed by atoms with Gasteiger partial charge < -0.3 is 19.0 Å². The summed E-state index contributed by atoms with van der Waals surface area (Å²) >= 11 is 0. The molecule has 0 radical (unpaired) electrons. The summed E-state index contributed by atoms with van der Waals surface area (Å²) in [4.78, 5) is 28.5. The molecule has 0 fully saturated rings. The Morgan fingerprint density at radius 2 is 1.93 bits per heavy atom. The summed E-state index contributed by atoms with van der Waals surface area (Å²) in [7, 11) is 1.38. The minimum absolute atomic E-state index is 0.212. The molecule has 0 spiro atoms. The molecule has 3 rings (SSSR count). The third kappa shape index (κ3) is 4.64. The van der Waals surface area contributed by atoms with Crippen LogP contribution in [0.4, 0.5) is 0 Å². The minimum Gasteiger partial charge on any atom is -0.469 e. The van der Waals surface area contributed by atoms with Crippen LogP contribution in [-0.2, 0) is 9.53 Å². The average Bonchev–Trinajstić information content (AvgIpc) is 3.24. The molecule has 154 valence electrons. The van der Waals surface area contributed by atoms with Crippen molar-refractivity contribution in [2.24, 2.45) is 0 Å². The van der Waals surface area contributed by atoms with Crippen molar-refractivity contribution in [2.75, 3.05) is 13.7 Å². The maximum atomic E-state index is 12.9. The van der Waals surface area contributed by atoms with Crippen LogP contribution in [-0.4, -0.2) is 35.7 Å². The molecule has 8 nitrogen and oxygen atoms in total. The predicted molar refractivity (Wildman–Crippen MR) is 107 cm³/mol. The number of carbonyl (C=O) groups is 2. The van der Waals surface area contributed by atoms with Crippen molar-refractivity contribution < 1.29 is 23.3 Å². The van der Waals surface area contributed by atoms with E-state index in [2.05, 4.69) is 20.2 Å². The number of nitrogens with one attached hydrogen (secondary N) is 1. The van der Waals surface area contributed by atoms with E-state index in [9.17, 15) is 9.59 Å². The number of aryl methyl sites for hydroxylation is 3. The molecule has 0 aliphatic rings. The molecular formula is C21H25N3O5. The normalized spacial score (nSPS) is 11.0. The second-order valence-electron chi connectivity index (χ2n) is 6.97. The van der Waals surface area contributed by atoms with E-state index in [1.807, 2.05) is 19.9 Å². The highest BCUT2D eigenvalue weighted by molar-refractivity contribution is 6.07. The van der Waals surface area contributed by atoms with Gasteiger partial charge in [0.25, 0.3) is 11.6 Å². The number of ether oxygens (including phenoxy) is 1. The van der Waals surface area contributed by atoms with Crippen LogP contribution < -0.4 is 5.32 Å². The van der Waals surface area contributed by atoms with Crippen LogP contribution in [0.3, 0.4) is 0 Å². The van der Waals surface area contributed by atoms with E-state index in [4.69, 9.17) is 8.94 Å². The Kier molecular flexibility index (Phi) is 6.31. The first kappa shape index (κ1) is 20.6. The van der Waals surface area contributed by atoms with Crippen molar-refractivity contribution in [1.82, 2.24) is 15.5 Å². The van der Waals surface area contributed by atoms with Gasteiger partial charge in [-0.15, -0.1) is 0 Å². The lowest BCUT2D eigenvalue weighted by Crippen LogP contribution is -2.25. The second kappa shape index (κ2) is 8.89. The van der Waals surface area contributed by atoms with Crippen molar-refractivity contribution in [3.63, 3.8) is 0 Å². The Balaban J connectivity index is 1.75. The van der Waals surface area contributed by atoms with Crippen LogP contribution in [0.5, 0.6) is 0 Å². The van der Waals surface area contributed by atoms with Crippen molar-refractivity contribution in [1.29, 1.82) is 0 Å². The monoisotopic (exact) mass is 399 g/mol. The molecule has 0 unspecified atom stereocenters. The van der Waals surface area contributed by atoms with E-state index in [0.29, 0.717) is 41.0 Å². The maximum absolute atomic E-state index is 12.9. The zero-order chi connectivity index (χ0) is 21.0. The third-order valence-electron chi connectivity index (χ3n) is 4.75. The molecule has 0 atom stereocenters. The van der Waals surface area contributed by atoms with Crippen molar-refractivity contribution in [2.45, 2.75) is 46.5 Å². The van der Waals surface area contributed by atoms with Crippen LogP contribution in [0.25, 0.3) is 22.4 Å². The topological polar surface area (TPSA) is 107 Å². The van der Waals surface area contributed by atoms with Gasteiger partial charge >= 0.3 is 5.97 Å². The van der Waals surface area contributed by atoms with E-state index in [1.165, 1.54) is 7.11 Å². The molecule has 3 heterocycles. The molecule has 29 heavy (non-hydrogen) atoms. The number of rotatable bonds is 8. The summed E-state index contributed by atoms with van der Waals surface area (Å²) in [5, 5.41) is 7.50. The van der Waals surface area contributed by atoms with E-state index < -0.39 is 0 Å². The van der Waals surface area contributed by atoms with Gasteiger partial charge in [0.15, 0.2) is 0 Å². The molecule has 0 aliphatic carbocycles. The van der Waals surface area contributed by atoms with E-state index >= 15 is 0 Å². The average molecular weight is 399 g/mol. The number of unbranched alkanes of at least 4 members (excludes halogenated alkanes) is 2. The number of esters is 1. The number of fused-ring (bicyclic) bond motifs is 1. The Labute approximate surface area is 168 Å². The summed E-state index contributed by atoms with van der Waals surface area (Å²) in [5.41, 5.74) is 2.82. The molecule has 3 aromatic rings. The van der Waals surface area contributed by atoms with Crippen molar-refractivity contribution in [3.8, 4) is 11.3 Å². The van der Waals surface area contributed by atoms with Crippen molar-refractivity contribution >= 4 is 23.0 Å². The third-order valence-corrected chi connectivity index (χ3v) is 4.75. The highest BCUT2D eigenvalue weighted by Gasteiger charge is 2.20. The molecular weight excluding hydrogens is 374 g/mol. The van der Waals surface area contributed by atoms with Gasteiger partial charge in [-0.05, 0) is 45.7 Å². The van der Waals surface area contributed by atoms with Gasteiger partial charge in [-0.3, -0.25) is 9.59 Å². The molecule has 3 aromatic heterocycles. The highest BCUT2D eigenvalue weighted by atomic mass is 16.5. The zero-order valence-electron chi connectivity index (χ0n) is 17.1. The van der Waals surface area contributed by atoms with Crippen LogP contribution in [0.2, 0.25) is 0 Å². The van der Waals surface area contributed by atoms with E-state index in [0.717, 1.165) is 36.3 Å². The molecule has 0 aromatic carbocycles. The lowest BCUT2D eigenvalue weighted by Gasteiger charge is -2.08. The number of methoxy groups -OCH3 is 1. The Hall–Kier alpha value is -3.16. The quantitative estimate of drug-likeness (QED) is 0.452. The van der Waals surface area contributed by atoms with Crippen molar-refractivity contribution in [3.05, 3.63) is 34.9 Å². The smallest absolute Gasteiger partial charge is 0.305 e. The number of amides is 1. The first-order valence-electron chi connectivity index (χ1n) is 9.60. The van der Waals surface area contributed by atoms with Crippen LogP contribution in [0.15, 0.2) is 21.1 Å². The van der Waals surface area contributed by atoms with Crippen LogP contribution in [0.1, 0.15) is 53.3 Å². The summed E-state index contributed by atoms with van der Waals surface area (Å²) in [6.45, 7) is 6.01. The van der Waals surface area contributed by atoms with E-state index in [-0.39, 0.29) is 11.9 Å². The number of carbonyl (C=O) groups excluding carboxylic acids is 2. The number of nitrogens with zero attached hydrogens (tertiary/aromatic N) is 2. The summed E-state index contributed by atoms with van der Waals surface area (Å²) in [5.74, 6) is 1.07. The molecule has 1 amide bonds. The number of hydrogen-bond acceptors (Lipinski definition) is 7. The standard InChI is InChI=1S/C21H25N3O5/c1-12-10-15(14(3)28-12)17-11-16(19-13(2)24-29-21(19)23-17)20(26)22-9-7-5-6-8-18(25)27-4/h10-11H,5-9H2,1-4H3,(H,22,26). The number of aromatic nitrogens is 2. The molecule has 0 bridgehead atoms. The first-order chi connectivity index (χ1) is 13.9. The lowest BCUT2D eigenvalue weighted by molar-refractivity contribution is -0.140. The fourth-order valence-corrected chi connectivity index (χ4v) is 3.27. The predicted octanol–water partition coefficient (Wildman–Crippen LogP) is 3.87. The fraction of sp³-hybridized carbons (Fsp3) is 0.429. The van der Waals surface area contributed by atoms with Gasteiger partial charge in [0.1, 0.15) is 11.5 Å². The molecule has 0 saturated carbocycles. The van der Waals surface area contributed by atoms with Crippen LogP contribution >= 0.6 is 0 Å². The summed E-state index contributed by atoms with van der Waals surface area (Å²) in [6.07, 6.45) is 2.72. The number of pyridine rings is 1. The molecule has 0 saturated heterocycles. The SMILES string of the molecule is COC(=O)CCCCCNC(=O)c1cc(-c2cc(C)oc2C)nc2onc(C)c12. The minimum atomic E-state index is -0.214. The Morgan fingerprint density at radius 1 is 1.14 bits per heavy atom. The Bertz CT molecular complexity index is 1030. The number of hydrogen-bond donors (Lipinski definition) is 1. The number of furan rings is 1. The first-order valence-corrected chi connectivity index (χ1v) is 9.60. The van der Waals surface area contributed by atoms with Gasteiger partial charge in [-0.25, -0.2) is 4.98 Å². The molecule has 0 aliphatic heterocycles. The molecule has 8 heteroatoms. The van der Waals surface area contributed by atoms with Gasteiger partial charge in [-0.2, -0.15) is 0 Å². The fourth-order valence-electron chi connectivity index (χ4n) is 3.27. The lowest BCUT2D eigenvalue weighted by atomic mass is 10.1. The van der Waals surface area contributed by atoms with Gasteiger partial charge in [0.2, 0.25) is 0 Å².